The van der Waals surface area contributed by atoms with Crippen LogP contribution in [0.2, 0.25) is 0 Å². The topological polar surface area (TPSA) is 3.24 Å². The summed E-state index contributed by atoms with van der Waals surface area (Å²) in [7, 11) is 0. The molecule has 0 unspecified atom stereocenters. The maximum absolute atomic E-state index is 9.69. The summed E-state index contributed by atoms with van der Waals surface area (Å²) in [6.45, 7) is 0. The Balaban J connectivity index is 1.44. The molecule has 8 rings (SSSR count). The first kappa shape index (κ1) is 16.2. The lowest BCUT2D eigenvalue weighted by Crippen LogP contribution is -2.10. The number of benzene rings is 8. The van der Waals surface area contributed by atoms with E-state index >= 15 is 0 Å². The molecule has 0 aliphatic carbocycles. The van der Waals surface area contributed by atoms with Crippen molar-refractivity contribution in [3.05, 3.63) is 188 Å². The molecule has 0 aromatic heterocycles. The number of nitrogens with zero attached hydrogens (tertiary/aromatic N) is 1. The smallest absolute Gasteiger partial charge is 0.0651 e. The molecule has 0 saturated carbocycles. The van der Waals surface area contributed by atoms with Crippen molar-refractivity contribution in [1.29, 1.82) is 0 Å². The molecule has 1 heteroatoms. The van der Waals surface area contributed by atoms with Crippen LogP contribution >= 0.6 is 0 Å². The zero-order valence-electron chi connectivity index (χ0n) is 36.8. The molecule has 0 aliphatic rings. The second kappa shape index (κ2) is 11.6. The summed E-state index contributed by atoms with van der Waals surface area (Å²) in [5.74, 6) is 0. The standard InChI is InChI=1S/C44H31N/c1-2-11-32(12-3-1)33-23-27-38(28-24-33)45(39-29-25-36(26-30-39)43-21-9-15-34-13-4-6-19-41(34)43)40-18-8-17-37(31-40)44-22-10-16-35-14-5-7-20-42(35)44/h1-31H/i1D,2D,3D,8D,11D,12D,17D,18D,23D,24D,27D,28D,31D. The van der Waals surface area contributed by atoms with Gasteiger partial charge in [-0.1, -0.05) is 151 Å². The number of hydrogen-bond acceptors (Lipinski definition) is 1. The Hall–Kier alpha value is -5.92. The van der Waals surface area contributed by atoms with E-state index < -0.39 is 83.3 Å². The number of rotatable bonds is 6. The van der Waals surface area contributed by atoms with E-state index in [1.807, 2.05) is 72.8 Å². The van der Waals surface area contributed by atoms with E-state index in [1.165, 1.54) is 4.90 Å². The fourth-order valence-corrected chi connectivity index (χ4v) is 5.58. The second-order valence-electron chi connectivity index (χ2n) is 10.4. The van der Waals surface area contributed by atoms with Crippen LogP contribution in [-0.4, -0.2) is 0 Å². The Morgan fingerprint density at radius 1 is 0.356 bits per heavy atom. The molecule has 8 aromatic carbocycles. The van der Waals surface area contributed by atoms with Gasteiger partial charge >= 0.3 is 0 Å². The summed E-state index contributed by atoms with van der Waals surface area (Å²) >= 11 is 0. The van der Waals surface area contributed by atoms with Crippen molar-refractivity contribution in [3.63, 3.8) is 0 Å². The molecule has 0 saturated heterocycles. The van der Waals surface area contributed by atoms with Gasteiger partial charge in [0.2, 0.25) is 0 Å². The van der Waals surface area contributed by atoms with Gasteiger partial charge in [0.25, 0.3) is 0 Å². The van der Waals surface area contributed by atoms with Crippen LogP contribution in [0.15, 0.2) is 188 Å². The van der Waals surface area contributed by atoms with Crippen LogP contribution in [0.1, 0.15) is 17.8 Å². The molecule has 1 nitrogen and oxygen atoms in total. The fourth-order valence-electron chi connectivity index (χ4n) is 5.58. The summed E-state index contributed by atoms with van der Waals surface area (Å²) in [4.78, 5) is 1.22. The molecule has 8 aromatic rings. The van der Waals surface area contributed by atoms with Crippen LogP contribution in [0.4, 0.5) is 17.1 Å². The van der Waals surface area contributed by atoms with Crippen molar-refractivity contribution < 1.29 is 17.8 Å². The molecule has 0 heterocycles. The van der Waals surface area contributed by atoms with Gasteiger partial charge < -0.3 is 4.90 Å². The van der Waals surface area contributed by atoms with Crippen LogP contribution in [0.3, 0.4) is 0 Å². The highest BCUT2D eigenvalue weighted by Gasteiger charge is 2.15. The first-order valence-corrected chi connectivity index (χ1v) is 14.4. The van der Waals surface area contributed by atoms with Gasteiger partial charge in [-0.05, 0) is 91.2 Å². The molecule has 212 valence electrons. The molecule has 0 amide bonds. The van der Waals surface area contributed by atoms with Gasteiger partial charge in [0.1, 0.15) is 0 Å². The van der Waals surface area contributed by atoms with Gasteiger partial charge in [-0.15, -0.1) is 0 Å². The molecule has 0 atom stereocenters. The van der Waals surface area contributed by atoms with Crippen molar-refractivity contribution in [2.24, 2.45) is 0 Å². The Morgan fingerprint density at radius 3 is 1.58 bits per heavy atom. The summed E-state index contributed by atoms with van der Waals surface area (Å²) in [6, 6.07) is 25.2. The number of fused-ring (bicyclic) bond motifs is 2. The third kappa shape index (κ3) is 5.15. The molecule has 0 N–H and O–H groups in total. The van der Waals surface area contributed by atoms with Gasteiger partial charge in [-0.25, -0.2) is 0 Å². The fraction of sp³-hybridized carbons (Fsp3) is 0. The van der Waals surface area contributed by atoms with Crippen molar-refractivity contribution in [3.8, 4) is 33.4 Å². The molecule has 0 radical (unpaired) electrons. The van der Waals surface area contributed by atoms with Gasteiger partial charge in [-0.3, -0.25) is 0 Å². The Labute approximate surface area is 282 Å². The maximum Gasteiger partial charge on any atom is 0.0651 e. The van der Waals surface area contributed by atoms with E-state index in [0.717, 1.165) is 27.3 Å². The molecule has 45 heavy (non-hydrogen) atoms. The normalized spacial score (nSPS) is 15.2. The average Bonchev–Trinajstić information content (AvgIpc) is 3.24. The summed E-state index contributed by atoms with van der Waals surface area (Å²) in [5, 5.41) is 3.51. The predicted molar refractivity (Wildman–Crippen MR) is 192 cm³/mol. The van der Waals surface area contributed by atoms with E-state index in [9.17, 15) is 8.22 Å². The largest absolute Gasteiger partial charge is 0.310 e. The maximum atomic E-state index is 9.69. The van der Waals surface area contributed by atoms with Crippen molar-refractivity contribution >= 4 is 38.6 Å². The van der Waals surface area contributed by atoms with E-state index in [0.29, 0.717) is 10.9 Å². The second-order valence-corrected chi connectivity index (χ2v) is 10.4. The highest BCUT2D eigenvalue weighted by atomic mass is 15.1. The summed E-state index contributed by atoms with van der Waals surface area (Å²) in [6.07, 6.45) is 0. The minimum absolute atomic E-state index is 0.0242. The lowest BCUT2D eigenvalue weighted by Gasteiger charge is -2.26. The molecule has 0 aliphatic heterocycles. The summed E-state index contributed by atoms with van der Waals surface area (Å²) < 4.78 is 116. The van der Waals surface area contributed by atoms with Crippen LogP contribution in [0.5, 0.6) is 0 Å². The van der Waals surface area contributed by atoms with Gasteiger partial charge in [-0.2, -0.15) is 0 Å². The van der Waals surface area contributed by atoms with Crippen LogP contribution in [-0.2, 0) is 0 Å². The molecule has 0 fully saturated rings. The Morgan fingerprint density at radius 2 is 0.911 bits per heavy atom. The number of anilines is 3. The van der Waals surface area contributed by atoms with Crippen molar-refractivity contribution in [2.45, 2.75) is 0 Å². The van der Waals surface area contributed by atoms with Crippen molar-refractivity contribution in [2.75, 3.05) is 4.90 Å². The minimum atomic E-state index is -0.720. The Kier molecular flexibility index (Phi) is 4.20. The first-order valence-electron chi connectivity index (χ1n) is 20.9. The SMILES string of the molecule is [2H]c1c([2H])c([2H])c(-c2c([2H])c([2H])c(N(c3ccc(-c4cccc5ccccc45)cc3)c3c([2H])c([2H])c([2H])c(-c4cccc5ccccc45)c3[2H])c([2H])c2[2H])c([2H])c1[2H]. The quantitative estimate of drug-likeness (QED) is 0.187. The van der Waals surface area contributed by atoms with Crippen LogP contribution in [0.25, 0.3) is 54.9 Å². The minimum Gasteiger partial charge on any atom is -0.310 e. The third-order valence-electron chi connectivity index (χ3n) is 7.71. The zero-order chi connectivity index (χ0) is 41.3. The van der Waals surface area contributed by atoms with E-state index in [-0.39, 0.29) is 29.0 Å². The van der Waals surface area contributed by atoms with E-state index in [2.05, 4.69) is 0 Å². The highest BCUT2D eigenvalue weighted by molar-refractivity contribution is 5.98. The van der Waals surface area contributed by atoms with Gasteiger partial charge in [0.05, 0.1) is 17.8 Å². The first-order chi connectivity index (χ1) is 27.7. The zero-order valence-corrected chi connectivity index (χ0v) is 23.8. The van der Waals surface area contributed by atoms with Crippen LogP contribution < -0.4 is 4.90 Å². The molecule has 0 spiro atoms. The van der Waals surface area contributed by atoms with Crippen molar-refractivity contribution in [1.82, 2.24) is 0 Å². The predicted octanol–water partition coefficient (Wildman–Crippen LogP) is 12.5. The van der Waals surface area contributed by atoms with Gasteiger partial charge in [0.15, 0.2) is 0 Å². The van der Waals surface area contributed by atoms with Crippen LogP contribution in [0, 0.1) is 0 Å². The number of hydrogen-bond donors (Lipinski definition) is 0. The molecular weight excluding hydrogens is 542 g/mol. The molecular formula is C44H31N. The third-order valence-corrected chi connectivity index (χ3v) is 7.71. The van der Waals surface area contributed by atoms with E-state index in [1.54, 1.807) is 36.4 Å². The van der Waals surface area contributed by atoms with E-state index in [4.69, 9.17) is 9.60 Å². The lowest BCUT2D eigenvalue weighted by atomic mass is 9.97. The molecule has 0 bridgehead atoms. The summed E-state index contributed by atoms with van der Waals surface area (Å²) in [5.41, 5.74) is 0.686. The Bertz CT molecular complexity index is 2930. The highest BCUT2D eigenvalue weighted by Crippen LogP contribution is 2.40. The average molecular weight is 587 g/mol. The van der Waals surface area contributed by atoms with Gasteiger partial charge in [0, 0.05) is 17.1 Å². The monoisotopic (exact) mass is 586 g/mol. The lowest BCUT2D eigenvalue weighted by molar-refractivity contribution is 1.28.